The molecule has 1 aromatic heterocycles. The Kier molecular flexibility index (Phi) is 4.64. The monoisotopic (exact) mass is 361 g/mol. The lowest BCUT2D eigenvalue weighted by atomic mass is 9.90. The first kappa shape index (κ1) is 17.3. The zero-order valence-electron chi connectivity index (χ0n) is 14.6. The highest BCUT2D eigenvalue weighted by Gasteiger charge is 2.26. The Morgan fingerprint density at radius 1 is 1.11 bits per heavy atom. The van der Waals surface area contributed by atoms with Crippen LogP contribution in [0.2, 0.25) is 0 Å². The van der Waals surface area contributed by atoms with E-state index in [9.17, 15) is 8.78 Å². The molecule has 2 aromatic rings. The number of hydrogen-bond donors (Lipinski definition) is 0. The van der Waals surface area contributed by atoms with Crippen LogP contribution in [0.25, 0.3) is 0 Å². The summed E-state index contributed by atoms with van der Waals surface area (Å²) in [4.78, 5) is 8.94. The predicted octanol–water partition coefficient (Wildman–Crippen LogP) is 4.85. The molecule has 0 N–H and O–H groups in total. The number of allylic oxidation sites excluding steroid dienone is 2. The second kappa shape index (κ2) is 7.24. The van der Waals surface area contributed by atoms with Crippen molar-refractivity contribution in [1.82, 2.24) is 4.98 Å². The van der Waals surface area contributed by atoms with Gasteiger partial charge in [0.15, 0.2) is 0 Å². The molecule has 0 radical (unpaired) electrons. The highest BCUT2D eigenvalue weighted by molar-refractivity contribution is 6.02. The zero-order chi connectivity index (χ0) is 18.8. The van der Waals surface area contributed by atoms with Gasteiger partial charge in [0.05, 0.1) is 17.2 Å². The van der Waals surface area contributed by atoms with Gasteiger partial charge >= 0.3 is 0 Å². The molecule has 0 amide bonds. The lowest BCUT2D eigenvalue weighted by Crippen LogP contribution is -2.08. The third-order valence-electron chi connectivity index (χ3n) is 5.03. The molecular weight excluding hydrogens is 344 g/mol. The summed E-state index contributed by atoms with van der Waals surface area (Å²) in [5.41, 5.74) is 3.04. The molecule has 4 rings (SSSR count). The fraction of sp³-hybridized carbons (Fsp3) is 0.227. The number of benzene rings is 1. The molecular formula is C22H17F2N3. The van der Waals surface area contributed by atoms with Crippen LogP contribution in [0.3, 0.4) is 0 Å². The SMILES string of the molecule is N#Cc1ccc(C2C=CC(C3CCC(c4c(F)cccc4F)=N3)=CC2)nc1. The quantitative estimate of drug-likeness (QED) is 0.784. The molecule has 0 fully saturated rings. The maximum absolute atomic E-state index is 14.0. The first-order chi connectivity index (χ1) is 13.2. The van der Waals surface area contributed by atoms with Gasteiger partial charge in [-0.3, -0.25) is 9.98 Å². The van der Waals surface area contributed by atoms with Gasteiger partial charge in [0.25, 0.3) is 0 Å². The Hall–Kier alpha value is -3.13. The van der Waals surface area contributed by atoms with Crippen molar-refractivity contribution in [3.05, 3.63) is 88.8 Å². The van der Waals surface area contributed by atoms with Gasteiger partial charge in [-0.25, -0.2) is 8.78 Å². The topological polar surface area (TPSA) is 49.0 Å². The molecule has 1 aliphatic carbocycles. The van der Waals surface area contributed by atoms with Crippen molar-refractivity contribution in [3.8, 4) is 6.07 Å². The van der Waals surface area contributed by atoms with E-state index in [1.165, 1.54) is 18.2 Å². The standard InChI is InChI=1S/C22H17F2N3/c23-17-2-1-3-18(24)22(17)21-11-10-20(27-21)16-7-5-15(6-8-16)19-9-4-14(12-25)13-26-19/h1-5,7-9,13,15,20H,6,10-11H2. The maximum atomic E-state index is 14.0. The number of rotatable bonds is 3. The highest BCUT2D eigenvalue weighted by Crippen LogP contribution is 2.32. The fourth-order valence-electron chi connectivity index (χ4n) is 3.59. The van der Waals surface area contributed by atoms with Crippen LogP contribution in [0.15, 0.2) is 65.3 Å². The van der Waals surface area contributed by atoms with E-state index >= 15 is 0 Å². The molecule has 1 aromatic carbocycles. The van der Waals surface area contributed by atoms with Gasteiger partial charge < -0.3 is 0 Å². The van der Waals surface area contributed by atoms with Crippen molar-refractivity contribution in [1.29, 1.82) is 5.26 Å². The number of aromatic nitrogens is 1. The van der Waals surface area contributed by atoms with E-state index in [2.05, 4.69) is 28.2 Å². The van der Waals surface area contributed by atoms with E-state index in [0.717, 1.165) is 24.1 Å². The fourth-order valence-corrected chi connectivity index (χ4v) is 3.59. The molecule has 134 valence electrons. The molecule has 5 heteroatoms. The van der Waals surface area contributed by atoms with E-state index in [-0.39, 0.29) is 17.5 Å². The van der Waals surface area contributed by atoms with Gasteiger partial charge in [-0.2, -0.15) is 5.26 Å². The van der Waals surface area contributed by atoms with E-state index in [0.29, 0.717) is 17.7 Å². The molecule has 0 saturated heterocycles. The van der Waals surface area contributed by atoms with Crippen molar-refractivity contribution in [3.63, 3.8) is 0 Å². The Morgan fingerprint density at radius 3 is 2.56 bits per heavy atom. The summed E-state index contributed by atoms with van der Waals surface area (Å²) in [5.74, 6) is -0.959. The smallest absolute Gasteiger partial charge is 0.135 e. The molecule has 2 heterocycles. The molecule has 2 atom stereocenters. The van der Waals surface area contributed by atoms with Crippen LogP contribution >= 0.6 is 0 Å². The lowest BCUT2D eigenvalue weighted by molar-refractivity contribution is 0.578. The van der Waals surface area contributed by atoms with E-state index in [4.69, 9.17) is 5.26 Å². The zero-order valence-corrected chi connectivity index (χ0v) is 14.6. The number of hydrogen-bond acceptors (Lipinski definition) is 3. The van der Waals surface area contributed by atoms with Gasteiger partial charge in [-0.05, 0) is 49.1 Å². The molecule has 0 bridgehead atoms. The van der Waals surface area contributed by atoms with Crippen LogP contribution in [0.5, 0.6) is 0 Å². The van der Waals surface area contributed by atoms with Crippen molar-refractivity contribution in [2.45, 2.75) is 31.2 Å². The minimum absolute atomic E-state index is 0.0000446. The second-order valence-corrected chi connectivity index (χ2v) is 6.72. The maximum Gasteiger partial charge on any atom is 0.135 e. The van der Waals surface area contributed by atoms with Crippen molar-refractivity contribution >= 4 is 5.71 Å². The molecule has 27 heavy (non-hydrogen) atoms. The number of pyridine rings is 1. The van der Waals surface area contributed by atoms with Crippen LogP contribution in [0.1, 0.15) is 42.0 Å². The Morgan fingerprint density at radius 2 is 1.93 bits per heavy atom. The molecule has 2 unspecified atom stereocenters. The summed E-state index contributed by atoms with van der Waals surface area (Å²) in [6, 6.07) is 9.55. The summed E-state index contributed by atoms with van der Waals surface area (Å²) >= 11 is 0. The average Bonchev–Trinajstić information content (AvgIpc) is 3.18. The Balaban J connectivity index is 1.49. The molecule has 2 aliphatic rings. The van der Waals surface area contributed by atoms with Crippen LogP contribution < -0.4 is 0 Å². The van der Waals surface area contributed by atoms with Crippen LogP contribution in [0, 0.1) is 23.0 Å². The van der Waals surface area contributed by atoms with Gasteiger partial charge in [0.2, 0.25) is 0 Å². The number of halogens is 2. The van der Waals surface area contributed by atoms with E-state index in [1.807, 2.05) is 12.1 Å². The van der Waals surface area contributed by atoms with Crippen molar-refractivity contribution in [2.75, 3.05) is 0 Å². The highest BCUT2D eigenvalue weighted by atomic mass is 19.1. The number of aliphatic imine (C=N–C) groups is 1. The molecule has 1 aliphatic heterocycles. The van der Waals surface area contributed by atoms with Crippen LogP contribution in [0.4, 0.5) is 8.78 Å². The second-order valence-electron chi connectivity index (χ2n) is 6.72. The van der Waals surface area contributed by atoms with Gasteiger partial charge in [-0.1, -0.05) is 24.3 Å². The molecule has 3 nitrogen and oxygen atoms in total. The first-order valence-electron chi connectivity index (χ1n) is 8.91. The Bertz CT molecular complexity index is 977. The Labute approximate surface area is 156 Å². The summed E-state index contributed by atoms with van der Waals surface area (Å²) < 4.78 is 28.0. The summed E-state index contributed by atoms with van der Waals surface area (Å²) in [5, 5.41) is 8.86. The molecule has 0 saturated carbocycles. The van der Waals surface area contributed by atoms with Gasteiger partial charge in [0, 0.05) is 23.5 Å². The summed E-state index contributed by atoms with van der Waals surface area (Å²) in [7, 11) is 0. The van der Waals surface area contributed by atoms with Crippen LogP contribution in [-0.2, 0) is 0 Å². The largest absolute Gasteiger partial charge is 0.281 e. The van der Waals surface area contributed by atoms with Crippen LogP contribution in [-0.4, -0.2) is 16.7 Å². The summed E-state index contributed by atoms with van der Waals surface area (Å²) in [6.07, 6.45) is 9.93. The lowest BCUT2D eigenvalue weighted by Gasteiger charge is -2.18. The van der Waals surface area contributed by atoms with Gasteiger partial charge in [-0.15, -0.1) is 0 Å². The first-order valence-corrected chi connectivity index (χ1v) is 8.91. The van der Waals surface area contributed by atoms with Gasteiger partial charge in [0.1, 0.15) is 17.7 Å². The number of nitriles is 1. The predicted molar refractivity (Wildman–Crippen MR) is 99.5 cm³/mol. The van der Waals surface area contributed by atoms with Crippen molar-refractivity contribution in [2.24, 2.45) is 4.99 Å². The molecule has 0 spiro atoms. The minimum atomic E-state index is -0.561. The van der Waals surface area contributed by atoms with Crippen molar-refractivity contribution < 1.29 is 8.78 Å². The minimum Gasteiger partial charge on any atom is -0.281 e. The third-order valence-corrected chi connectivity index (χ3v) is 5.03. The average molecular weight is 361 g/mol. The van der Waals surface area contributed by atoms with E-state index < -0.39 is 11.6 Å². The van der Waals surface area contributed by atoms with E-state index in [1.54, 1.807) is 12.3 Å². The third kappa shape index (κ3) is 3.43. The normalized spacial score (nSPS) is 21.5. The summed E-state index contributed by atoms with van der Waals surface area (Å²) in [6.45, 7) is 0. The number of nitrogens with zero attached hydrogens (tertiary/aromatic N) is 3.